The zero-order chi connectivity index (χ0) is 15.4. The number of aliphatic hydroxyl groups excluding tert-OH is 1. The maximum Gasteiger partial charge on any atom is 0.263 e. The van der Waals surface area contributed by atoms with Crippen molar-refractivity contribution in [3.8, 4) is 11.8 Å². The Bertz CT molecular complexity index is 563. The van der Waals surface area contributed by atoms with Crippen molar-refractivity contribution < 1.29 is 9.90 Å². The summed E-state index contributed by atoms with van der Waals surface area (Å²) in [5, 5.41) is 8.77. The van der Waals surface area contributed by atoms with Crippen LogP contribution in [0.5, 0.6) is 0 Å². The molecule has 1 N–H and O–H groups in total. The summed E-state index contributed by atoms with van der Waals surface area (Å²) < 4.78 is 0. The topological polar surface area (TPSA) is 43.8 Å². The molecule has 21 heavy (non-hydrogen) atoms. The van der Waals surface area contributed by atoms with Crippen molar-refractivity contribution in [3.63, 3.8) is 0 Å². The highest BCUT2D eigenvalue weighted by Gasteiger charge is 2.25. The van der Waals surface area contributed by atoms with Crippen LogP contribution in [0.1, 0.15) is 33.0 Å². The van der Waals surface area contributed by atoms with Gasteiger partial charge in [-0.2, -0.15) is 0 Å². The number of likely N-dealkylation sites (tertiary alicyclic amines) is 1. The number of rotatable bonds is 2. The molecule has 4 nitrogen and oxygen atoms in total. The third-order valence-electron chi connectivity index (χ3n) is 3.97. The SMILES string of the molecule is Cc1cc(C(=O)N(C)C2CCN(C)CC2)sc1C#CCO. The minimum Gasteiger partial charge on any atom is -0.384 e. The van der Waals surface area contributed by atoms with Crippen molar-refractivity contribution in [1.82, 2.24) is 9.80 Å². The van der Waals surface area contributed by atoms with Crippen molar-refractivity contribution >= 4 is 17.2 Å². The van der Waals surface area contributed by atoms with Crippen LogP contribution in [0.2, 0.25) is 0 Å². The third kappa shape index (κ3) is 3.85. The molecular formula is C16H22N2O2S. The highest BCUT2D eigenvalue weighted by Crippen LogP contribution is 2.24. The van der Waals surface area contributed by atoms with Crippen LogP contribution in [0.15, 0.2) is 6.07 Å². The van der Waals surface area contributed by atoms with Gasteiger partial charge in [0.05, 0.1) is 9.75 Å². The number of aliphatic hydroxyl groups is 1. The van der Waals surface area contributed by atoms with Crippen LogP contribution in [-0.2, 0) is 0 Å². The number of piperidine rings is 1. The lowest BCUT2D eigenvalue weighted by Crippen LogP contribution is -2.44. The van der Waals surface area contributed by atoms with Crippen molar-refractivity contribution in [2.24, 2.45) is 0 Å². The molecule has 114 valence electrons. The molecule has 0 aromatic carbocycles. The molecule has 5 heteroatoms. The Kier molecular flexibility index (Phi) is 5.40. The Hall–Kier alpha value is -1.35. The maximum absolute atomic E-state index is 12.6. The van der Waals surface area contributed by atoms with Crippen LogP contribution >= 0.6 is 11.3 Å². The average Bonchev–Trinajstić information content (AvgIpc) is 2.85. The molecule has 2 rings (SSSR count). The van der Waals surface area contributed by atoms with E-state index in [1.54, 1.807) is 0 Å². The lowest BCUT2D eigenvalue weighted by Gasteiger charge is -2.34. The summed E-state index contributed by atoms with van der Waals surface area (Å²) >= 11 is 1.41. The van der Waals surface area contributed by atoms with Gasteiger partial charge in [-0.15, -0.1) is 11.3 Å². The fourth-order valence-corrected chi connectivity index (χ4v) is 3.58. The Morgan fingerprint density at radius 2 is 2.19 bits per heavy atom. The van der Waals surface area contributed by atoms with Gasteiger partial charge >= 0.3 is 0 Å². The molecule has 1 aromatic rings. The van der Waals surface area contributed by atoms with Gasteiger partial charge in [0.15, 0.2) is 0 Å². The second-order valence-electron chi connectivity index (χ2n) is 5.53. The number of hydrogen-bond donors (Lipinski definition) is 1. The summed E-state index contributed by atoms with van der Waals surface area (Å²) in [5.41, 5.74) is 1.00. The molecule has 0 unspecified atom stereocenters. The van der Waals surface area contributed by atoms with Gasteiger partial charge in [-0.05, 0) is 51.5 Å². The molecule has 0 aliphatic carbocycles. The van der Waals surface area contributed by atoms with Crippen molar-refractivity contribution in [2.45, 2.75) is 25.8 Å². The molecule has 0 saturated carbocycles. The quantitative estimate of drug-likeness (QED) is 0.844. The number of thiophene rings is 1. The monoisotopic (exact) mass is 306 g/mol. The van der Waals surface area contributed by atoms with Crippen LogP contribution in [0.25, 0.3) is 0 Å². The summed E-state index contributed by atoms with van der Waals surface area (Å²) in [4.78, 5) is 18.4. The third-order valence-corrected chi connectivity index (χ3v) is 5.11. The maximum atomic E-state index is 12.6. The van der Waals surface area contributed by atoms with E-state index in [1.807, 2.05) is 24.9 Å². The van der Waals surface area contributed by atoms with Gasteiger partial charge < -0.3 is 14.9 Å². The molecule has 0 spiro atoms. The predicted molar refractivity (Wildman–Crippen MR) is 85.6 cm³/mol. The lowest BCUT2D eigenvalue weighted by atomic mass is 10.0. The van der Waals surface area contributed by atoms with Crippen LogP contribution in [-0.4, -0.2) is 60.6 Å². The Balaban J connectivity index is 2.09. The first kappa shape index (κ1) is 16.0. The zero-order valence-electron chi connectivity index (χ0n) is 12.8. The van der Waals surface area contributed by atoms with Gasteiger partial charge in [-0.1, -0.05) is 11.8 Å². The minimum absolute atomic E-state index is 0.0784. The predicted octanol–water partition coefficient (Wildman–Crippen LogP) is 1.57. The van der Waals surface area contributed by atoms with E-state index < -0.39 is 0 Å². The number of nitrogens with zero attached hydrogens (tertiary/aromatic N) is 2. The highest BCUT2D eigenvalue weighted by molar-refractivity contribution is 7.14. The Morgan fingerprint density at radius 3 is 2.81 bits per heavy atom. The second-order valence-corrected chi connectivity index (χ2v) is 6.59. The molecule has 1 aliphatic heterocycles. The summed E-state index contributed by atoms with van der Waals surface area (Å²) in [5.74, 6) is 5.62. The second kappa shape index (κ2) is 7.08. The van der Waals surface area contributed by atoms with E-state index in [0.29, 0.717) is 6.04 Å². The number of carbonyl (C=O) groups is 1. The molecule has 0 atom stereocenters. The van der Waals surface area contributed by atoms with E-state index in [1.165, 1.54) is 11.3 Å². The number of aryl methyl sites for hydroxylation is 1. The Morgan fingerprint density at radius 1 is 1.52 bits per heavy atom. The van der Waals surface area contributed by atoms with Crippen LogP contribution in [0, 0.1) is 18.8 Å². The summed E-state index contributed by atoms with van der Waals surface area (Å²) in [6.07, 6.45) is 2.06. The summed E-state index contributed by atoms with van der Waals surface area (Å²) in [6, 6.07) is 2.22. The molecule has 1 aromatic heterocycles. The van der Waals surface area contributed by atoms with Gasteiger partial charge in [-0.3, -0.25) is 4.79 Å². The zero-order valence-corrected chi connectivity index (χ0v) is 13.7. The normalized spacial score (nSPS) is 16.4. The number of hydrogen-bond acceptors (Lipinski definition) is 4. The lowest BCUT2D eigenvalue weighted by molar-refractivity contribution is 0.0664. The standard InChI is InChI=1S/C16H22N2O2S/c1-12-11-15(21-14(12)5-4-10-19)16(20)18(3)13-6-8-17(2)9-7-13/h11,13,19H,6-10H2,1-3H3. The fraction of sp³-hybridized carbons (Fsp3) is 0.562. The van der Waals surface area contributed by atoms with E-state index in [0.717, 1.165) is 41.2 Å². The van der Waals surface area contributed by atoms with Crippen molar-refractivity contribution in [1.29, 1.82) is 0 Å². The van der Waals surface area contributed by atoms with Gasteiger partial charge in [0.25, 0.3) is 5.91 Å². The van der Waals surface area contributed by atoms with Gasteiger partial charge in [0.2, 0.25) is 0 Å². The molecule has 2 heterocycles. The van der Waals surface area contributed by atoms with E-state index in [2.05, 4.69) is 23.8 Å². The first-order chi connectivity index (χ1) is 10.0. The van der Waals surface area contributed by atoms with Crippen LogP contribution < -0.4 is 0 Å². The van der Waals surface area contributed by atoms with Crippen molar-refractivity contribution in [3.05, 3.63) is 21.4 Å². The summed E-state index contributed by atoms with van der Waals surface area (Å²) in [7, 11) is 4.01. The van der Waals surface area contributed by atoms with E-state index in [-0.39, 0.29) is 12.5 Å². The molecular weight excluding hydrogens is 284 g/mol. The van der Waals surface area contributed by atoms with Crippen LogP contribution in [0.3, 0.4) is 0 Å². The van der Waals surface area contributed by atoms with E-state index in [9.17, 15) is 4.79 Å². The van der Waals surface area contributed by atoms with Gasteiger partial charge in [0.1, 0.15) is 6.61 Å². The largest absolute Gasteiger partial charge is 0.384 e. The molecule has 1 aliphatic rings. The van der Waals surface area contributed by atoms with Crippen LogP contribution in [0.4, 0.5) is 0 Å². The number of amides is 1. The first-order valence-electron chi connectivity index (χ1n) is 7.18. The molecule has 1 fully saturated rings. The molecule has 1 amide bonds. The number of carbonyl (C=O) groups excluding carboxylic acids is 1. The Labute approximate surface area is 130 Å². The van der Waals surface area contributed by atoms with Gasteiger partial charge in [-0.25, -0.2) is 0 Å². The smallest absolute Gasteiger partial charge is 0.263 e. The highest BCUT2D eigenvalue weighted by atomic mass is 32.1. The first-order valence-corrected chi connectivity index (χ1v) is 8.00. The van der Waals surface area contributed by atoms with E-state index in [4.69, 9.17) is 5.11 Å². The fourth-order valence-electron chi connectivity index (χ4n) is 2.55. The molecule has 0 bridgehead atoms. The molecule has 1 saturated heterocycles. The summed E-state index contributed by atoms with van der Waals surface area (Å²) in [6.45, 7) is 3.87. The van der Waals surface area contributed by atoms with E-state index >= 15 is 0 Å². The van der Waals surface area contributed by atoms with Gasteiger partial charge in [0, 0.05) is 13.1 Å². The van der Waals surface area contributed by atoms with Crippen molar-refractivity contribution in [2.75, 3.05) is 33.8 Å². The molecule has 0 radical (unpaired) electrons. The minimum atomic E-state index is -0.157. The average molecular weight is 306 g/mol.